The van der Waals surface area contributed by atoms with Crippen LogP contribution in [0.5, 0.6) is 0 Å². The number of rotatable bonds is 10. The lowest BCUT2D eigenvalue weighted by Crippen LogP contribution is -2.24. The van der Waals surface area contributed by atoms with E-state index in [1.165, 1.54) is 12.6 Å². The van der Waals surface area contributed by atoms with E-state index in [-0.39, 0.29) is 18.0 Å². The van der Waals surface area contributed by atoms with Gasteiger partial charge in [-0.3, -0.25) is 9.79 Å². The minimum Gasteiger partial charge on any atom is -0.398 e. The van der Waals surface area contributed by atoms with Gasteiger partial charge in [-0.25, -0.2) is 0 Å². The van der Waals surface area contributed by atoms with Crippen molar-refractivity contribution in [2.75, 3.05) is 6.54 Å². The number of hydrogen-bond donors (Lipinski definition) is 3. The van der Waals surface area contributed by atoms with Gasteiger partial charge in [0.05, 0.1) is 12.2 Å². The van der Waals surface area contributed by atoms with Gasteiger partial charge in [0, 0.05) is 52.9 Å². The number of nitrogens with zero attached hydrogens (tertiary/aromatic N) is 2. The van der Waals surface area contributed by atoms with Gasteiger partial charge in [-0.15, -0.1) is 0 Å². The Balaban J connectivity index is 0.00000178. The molecule has 0 spiro atoms. The van der Waals surface area contributed by atoms with E-state index >= 15 is 0 Å². The molecule has 4 N–H and O–H groups in total. The molecule has 214 valence electrons. The zero-order valence-corrected chi connectivity index (χ0v) is 25.1. The number of ketones is 1. The van der Waals surface area contributed by atoms with Crippen LogP contribution in [-0.4, -0.2) is 34.3 Å². The SMILES string of the molecule is CCC.C\C=C/C=N\C=C(/C)C(O)/C(N)=C/NCC(=O)c1cn(CC2=C/CCC=C(Cl)/C(C)=C\2)c2ccccc12. The topological polar surface area (TPSA) is 92.6 Å². The zero-order chi connectivity index (χ0) is 29.5. The molecule has 40 heavy (non-hydrogen) atoms. The van der Waals surface area contributed by atoms with Crippen LogP contribution in [0.2, 0.25) is 0 Å². The second-order valence-electron chi connectivity index (χ2n) is 9.68. The molecule has 1 heterocycles. The Hall–Kier alpha value is -3.61. The number of halogens is 1. The Morgan fingerprint density at radius 2 is 1.95 bits per heavy atom. The van der Waals surface area contributed by atoms with Crippen LogP contribution in [-0.2, 0) is 6.54 Å². The average molecular weight is 563 g/mol. The van der Waals surface area contributed by atoms with Crippen LogP contribution in [0.25, 0.3) is 10.9 Å². The monoisotopic (exact) mass is 562 g/mol. The van der Waals surface area contributed by atoms with Crippen LogP contribution in [0.15, 0.2) is 106 Å². The van der Waals surface area contributed by atoms with E-state index in [9.17, 15) is 9.90 Å². The molecular formula is C33H43ClN4O2. The molecule has 1 atom stereocenters. The largest absolute Gasteiger partial charge is 0.398 e. The number of aromatic nitrogens is 1. The third-order valence-electron chi connectivity index (χ3n) is 6.04. The van der Waals surface area contributed by atoms with Crippen molar-refractivity contribution in [3.05, 3.63) is 106 Å². The zero-order valence-electron chi connectivity index (χ0n) is 24.3. The van der Waals surface area contributed by atoms with E-state index in [2.05, 4.69) is 40.9 Å². The second kappa shape index (κ2) is 17.2. The molecule has 6 nitrogen and oxygen atoms in total. The molecular weight excluding hydrogens is 520 g/mol. The molecule has 1 aliphatic carbocycles. The van der Waals surface area contributed by atoms with Gasteiger partial charge in [0.25, 0.3) is 0 Å². The number of carbonyl (C=O) groups excluding carboxylic acids is 1. The molecule has 0 saturated heterocycles. The summed E-state index contributed by atoms with van der Waals surface area (Å²) in [5.74, 6) is -0.0685. The summed E-state index contributed by atoms with van der Waals surface area (Å²) in [6, 6.07) is 7.89. The fourth-order valence-electron chi connectivity index (χ4n) is 4.02. The van der Waals surface area contributed by atoms with E-state index in [0.717, 1.165) is 39.9 Å². The first kappa shape index (κ1) is 32.6. The number of para-hydroxylation sites is 1. The predicted octanol–water partition coefficient (Wildman–Crippen LogP) is 7.33. The van der Waals surface area contributed by atoms with Crippen molar-refractivity contribution in [2.24, 2.45) is 10.7 Å². The number of fused-ring (bicyclic) bond motifs is 1. The number of aliphatic imine (C=N–C) groups is 1. The maximum atomic E-state index is 13.2. The fourth-order valence-corrected chi connectivity index (χ4v) is 4.18. The molecule has 1 aliphatic rings. The van der Waals surface area contributed by atoms with Crippen molar-refractivity contribution >= 4 is 34.5 Å². The lowest BCUT2D eigenvalue weighted by molar-refractivity contribution is 0.0996. The molecule has 1 aromatic heterocycles. The number of benzene rings is 1. The number of nitrogens with one attached hydrogen (secondary N) is 1. The average Bonchev–Trinajstić information content (AvgIpc) is 3.30. The maximum Gasteiger partial charge on any atom is 0.183 e. The normalized spacial score (nSPS) is 18.2. The summed E-state index contributed by atoms with van der Waals surface area (Å²) in [4.78, 5) is 17.2. The third kappa shape index (κ3) is 9.85. The number of nitrogens with two attached hydrogens (primary N) is 1. The van der Waals surface area contributed by atoms with Crippen LogP contribution in [0.1, 0.15) is 64.2 Å². The highest BCUT2D eigenvalue weighted by atomic mass is 35.5. The van der Waals surface area contributed by atoms with Crippen molar-refractivity contribution in [1.29, 1.82) is 0 Å². The highest BCUT2D eigenvalue weighted by Crippen LogP contribution is 2.26. The van der Waals surface area contributed by atoms with E-state index in [4.69, 9.17) is 17.3 Å². The van der Waals surface area contributed by atoms with Crippen LogP contribution in [0.3, 0.4) is 0 Å². The lowest BCUT2D eigenvalue weighted by Gasteiger charge is -2.11. The number of aliphatic hydroxyl groups excluding tert-OH is 1. The first-order valence-electron chi connectivity index (χ1n) is 13.8. The van der Waals surface area contributed by atoms with Crippen molar-refractivity contribution in [2.45, 2.75) is 66.5 Å². The summed E-state index contributed by atoms with van der Waals surface area (Å²) in [5.41, 5.74) is 10.6. The molecule has 1 unspecified atom stereocenters. The fraction of sp³-hybridized carbons (Fsp3) is 0.333. The van der Waals surface area contributed by atoms with Gasteiger partial charge >= 0.3 is 0 Å². The number of carbonyl (C=O) groups is 1. The van der Waals surface area contributed by atoms with Crippen molar-refractivity contribution < 1.29 is 9.90 Å². The second-order valence-corrected chi connectivity index (χ2v) is 10.1. The highest BCUT2D eigenvalue weighted by molar-refractivity contribution is 6.31. The summed E-state index contributed by atoms with van der Waals surface area (Å²) in [6.07, 6.45) is 18.7. The van der Waals surface area contributed by atoms with E-state index < -0.39 is 6.10 Å². The Kier molecular flexibility index (Phi) is 14.0. The van der Waals surface area contributed by atoms with E-state index in [0.29, 0.717) is 17.7 Å². The predicted molar refractivity (Wildman–Crippen MR) is 171 cm³/mol. The van der Waals surface area contributed by atoms with Gasteiger partial charge in [0.2, 0.25) is 0 Å². The summed E-state index contributed by atoms with van der Waals surface area (Å²) in [6.45, 7) is 10.6. The minimum atomic E-state index is -0.996. The molecule has 7 heteroatoms. The lowest BCUT2D eigenvalue weighted by atomic mass is 10.1. The van der Waals surface area contributed by atoms with Crippen LogP contribution in [0.4, 0.5) is 0 Å². The maximum absolute atomic E-state index is 13.2. The molecule has 2 aromatic rings. The van der Waals surface area contributed by atoms with Crippen LogP contribution in [0, 0.1) is 0 Å². The summed E-state index contributed by atoms with van der Waals surface area (Å²) in [7, 11) is 0. The highest BCUT2D eigenvalue weighted by Gasteiger charge is 2.16. The molecule has 0 amide bonds. The Morgan fingerprint density at radius 1 is 1.25 bits per heavy atom. The molecule has 3 rings (SSSR count). The van der Waals surface area contributed by atoms with Gasteiger partial charge in [-0.2, -0.15) is 0 Å². The van der Waals surface area contributed by atoms with Crippen molar-refractivity contribution in [1.82, 2.24) is 9.88 Å². The standard InChI is InChI=1S/C30H35ClN4O2.C3H8/c1-4-5-14-33-16-22(3)30(37)27(32)17-34-18-29(36)25-20-35(28-13-9-7-11-24(25)28)19-23-10-6-8-12-26(31)21(2)15-23;1-3-2/h4-5,7,9-17,20,30,34,37H,6,8,18-19,32H2,1-3H3;3H2,1-2H3/b5-4-,21-15-,22-16+,23-10+,26-12?,27-17-,33-14-;. The minimum absolute atomic E-state index is 0.0474. The molecule has 0 bridgehead atoms. The molecule has 0 radical (unpaired) electrons. The van der Waals surface area contributed by atoms with Crippen LogP contribution >= 0.6 is 11.6 Å². The van der Waals surface area contributed by atoms with Gasteiger partial charge in [0.15, 0.2) is 5.78 Å². The van der Waals surface area contributed by atoms with Crippen molar-refractivity contribution in [3.63, 3.8) is 0 Å². The summed E-state index contributed by atoms with van der Waals surface area (Å²) >= 11 is 6.36. The number of aliphatic hydroxyl groups is 1. The summed E-state index contributed by atoms with van der Waals surface area (Å²) in [5, 5.41) is 15.0. The first-order valence-corrected chi connectivity index (χ1v) is 14.1. The van der Waals surface area contributed by atoms with Gasteiger partial charge < -0.3 is 20.7 Å². The van der Waals surface area contributed by atoms with E-state index in [1.54, 1.807) is 25.4 Å². The van der Waals surface area contributed by atoms with Gasteiger partial charge in [0.1, 0.15) is 6.10 Å². The van der Waals surface area contributed by atoms with E-state index in [1.807, 2.05) is 56.5 Å². The van der Waals surface area contributed by atoms with Crippen LogP contribution < -0.4 is 11.1 Å². The Morgan fingerprint density at radius 3 is 2.67 bits per heavy atom. The third-order valence-corrected chi connectivity index (χ3v) is 6.49. The quantitative estimate of drug-likeness (QED) is 0.209. The Bertz CT molecular complexity index is 1360. The molecule has 0 aliphatic heterocycles. The smallest absolute Gasteiger partial charge is 0.183 e. The Labute approximate surface area is 244 Å². The molecule has 1 aromatic carbocycles. The molecule has 0 saturated carbocycles. The number of Topliss-reactive ketones (excluding diaryl/α,β-unsaturated/α-hetero) is 1. The first-order chi connectivity index (χ1) is 19.2. The van der Waals surface area contributed by atoms with Crippen molar-refractivity contribution in [3.8, 4) is 0 Å². The van der Waals surface area contributed by atoms with Gasteiger partial charge in [-0.1, -0.05) is 74.4 Å². The summed E-state index contributed by atoms with van der Waals surface area (Å²) < 4.78 is 2.10. The van der Waals surface area contributed by atoms with Gasteiger partial charge in [-0.05, 0) is 62.5 Å². The number of allylic oxidation sites excluding steroid dienone is 8. The molecule has 0 fully saturated rings. The number of hydrogen-bond acceptors (Lipinski definition) is 5.